The van der Waals surface area contributed by atoms with Gasteiger partial charge in [0.1, 0.15) is 0 Å². The van der Waals surface area contributed by atoms with Crippen LogP contribution in [0.2, 0.25) is 5.02 Å². The van der Waals surface area contributed by atoms with Crippen LogP contribution in [-0.2, 0) is 10.2 Å². The molecule has 1 aromatic carbocycles. The summed E-state index contributed by atoms with van der Waals surface area (Å²) in [6.07, 6.45) is 2.17. The lowest BCUT2D eigenvalue weighted by molar-refractivity contribution is -0.147. The third kappa shape index (κ3) is 1.33. The molecule has 1 aromatic rings. The van der Waals surface area contributed by atoms with Gasteiger partial charge in [0.2, 0.25) is 6.79 Å². The van der Waals surface area contributed by atoms with Gasteiger partial charge in [0.15, 0.2) is 11.5 Å². The fourth-order valence-electron chi connectivity index (χ4n) is 2.44. The Morgan fingerprint density at radius 2 is 2.12 bits per heavy atom. The van der Waals surface area contributed by atoms with Gasteiger partial charge in [0.05, 0.1) is 10.4 Å². The van der Waals surface area contributed by atoms with Gasteiger partial charge in [-0.2, -0.15) is 0 Å². The zero-order chi connectivity index (χ0) is 12.0. The first-order valence-electron chi connectivity index (χ1n) is 5.47. The smallest absolute Gasteiger partial charge is 0.314 e. The largest absolute Gasteiger partial charge is 0.481 e. The summed E-state index contributed by atoms with van der Waals surface area (Å²) in [5.41, 5.74) is -0.194. The van der Waals surface area contributed by atoms with Crippen LogP contribution in [0.15, 0.2) is 12.1 Å². The van der Waals surface area contributed by atoms with E-state index in [4.69, 9.17) is 21.1 Å². The van der Waals surface area contributed by atoms with E-state index in [-0.39, 0.29) is 6.79 Å². The maximum Gasteiger partial charge on any atom is 0.314 e. The average molecular weight is 255 g/mol. The second kappa shape index (κ2) is 3.53. The first-order valence-corrected chi connectivity index (χ1v) is 5.85. The molecule has 1 aliphatic heterocycles. The highest BCUT2D eigenvalue weighted by Gasteiger charge is 2.48. The molecule has 5 heteroatoms. The summed E-state index contributed by atoms with van der Waals surface area (Å²) < 4.78 is 10.5. The number of fused-ring (bicyclic) bond motifs is 1. The molecular formula is C12H11ClO4. The van der Waals surface area contributed by atoms with Crippen LogP contribution >= 0.6 is 11.6 Å². The molecule has 0 atom stereocenters. The number of benzene rings is 1. The lowest BCUT2D eigenvalue weighted by Gasteiger charge is -2.38. The van der Waals surface area contributed by atoms with Crippen molar-refractivity contribution in [2.24, 2.45) is 0 Å². The van der Waals surface area contributed by atoms with E-state index in [1.54, 1.807) is 12.1 Å². The first kappa shape index (κ1) is 10.7. The molecule has 17 heavy (non-hydrogen) atoms. The van der Waals surface area contributed by atoms with Gasteiger partial charge in [-0.25, -0.2) is 0 Å². The number of carbonyl (C=O) groups is 1. The monoisotopic (exact) mass is 254 g/mol. The molecule has 0 spiro atoms. The van der Waals surface area contributed by atoms with E-state index in [0.29, 0.717) is 34.9 Å². The molecule has 4 nitrogen and oxygen atoms in total. The molecule has 0 saturated heterocycles. The Morgan fingerprint density at radius 3 is 2.71 bits per heavy atom. The summed E-state index contributed by atoms with van der Waals surface area (Å²) in [7, 11) is 0. The Labute approximate surface area is 103 Å². The van der Waals surface area contributed by atoms with Gasteiger partial charge < -0.3 is 14.6 Å². The van der Waals surface area contributed by atoms with Gasteiger partial charge >= 0.3 is 5.97 Å². The van der Waals surface area contributed by atoms with E-state index in [2.05, 4.69) is 0 Å². The van der Waals surface area contributed by atoms with Crippen LogP contribution in [0.5, 0.6) is 11.5 Å². The van der Waals surface area contributed by atoms with Crippen LogP contribution in [0, 0.1) is 0 Å². The Balaban J connectivity index is 2.12. The molecule has 0 unspecified atom stereocenters. The summed E-state index contributed by atoms with van der Waals surface area (Å²) in [5.74, 6) is 0.236. The maximum absolute atomic E-state index is 11.4. The Kier molecular flexibility index (Phi) is 2.23. The molecule has 90 valence electrons. The molecule has 2 aliphatic rings. The molecule has 0 radical (unpaired) electrons. The van der Waals surface area contributed by atoms with E-state index < -0.39 is 11.4 Å². The third-order valence-corrected chi connectivity index (χ3v) is 3.99. The molecule has 0 bridgehead atoms. The second-order valence-electron chi connectivity index (χ2n) is 4.40. The van der Waals surface area contributed by atoms with Crippen molar-refractivity contribution in [3.63, 3.8) is 0 Å². The first-order chi connectivity index (χ1) is 8.15. The highest BCUT2D eigenvalue weighted by molar-refractivity contribution is 6.33. The van der Waals surface area contributed by atoms with Crippen molar-refractivity contribution in [1.82, 2.24) is 0 Å². The van der Waals surface area contributed by atoms with Crippen LogP contribution in [0.3, 0.4) is 0 Å². The van der Waals surface area contributed by atoms with Crippen molar-refractivity contribution < 1.29 is 19.4 Å². The van der Waals surface area contributed by atoms with E-state index in [1.165, 1.54) is 0 Å². The van der Waals surface area contributed by atoms with Crippen molar-refractivity contribution >= 4 is 17.6 Å². The minimum absolute atomic E-state index is 0.137. The van der Waals surface area contributed by atoms with Crippen molar-refractivity contribution in [2.45, 2.75) is 24.7 Å². The number of halogens is 1. The van der Waals surface area contributed by atoms with E-state index in [1.807, 2.05) is 0 Å². The van der Waals surface area contributed by atoms with Gasteiger partial charge in [-0.3, -0.25) is 4.79 Å². The number of carboxylic acids is 1. The van der Waals surface area contributed by atoms with Gasteiger partial charge in [-0.1, -0.05) is 24.1 Å². The van der Waals surface area contributed by atoms with Crippen LogP contribution in [-0.4, -0.2) is 17.9 Å². The van der Waals surface area contributed by atoms with Crippen molar-refractivity contribution in [1.29, 1.82) is 0 Å². The topological polar surface area (TPSA) is 55.8 Å². The van der Waals surface area contributed by atoms with Crippen molar-refractivity contribution in [2.75, 3.05) is 6.79 Å². The lowest BCUT2D eigenvalue weighted by Crippen LogP contribution is -2.42. The number of hydrogen-bond acceptors (Lipinski definition) is 3. The van der Waals surface area contributed by atoms with Crippen LogP contribution in [0.1, 0.15) is 24.8 Å². The molecule has 0 aromatic heterocycles. The standard InChI is InChI=1S/C12H11ClO4/c13-9-7(12(11(14)15)4-1-5-12)2-3-8-10(9)17-6-16-8/h2-3H,1,4-6H2,(H,14,15). The molecule has 1 N–H and O–H groups in total. The Bertz CT molecular complexity index is 494. The average Bonchev–Trinajstić information content (AvgIpc) is 2.67. The van der Waals surface area contributed by atoms with E-state index in [9.17, 15) is 9.90 Å². The Hall–Kier alpha value is -1.42. The SMILES string of the molecule is O=C(O)C1(c2ccc3c(c2Cl)OCO3)CCC1. The molecular weight excluding hydrogens is 244 g/mol. The number of carboxylic acid groups (broad SMARTS) is 1. The zero-order valence-corrected chi connectivity index (χ0v) is 9.79. The number of rotatable bonds is 2. The summed E-state index contributed by atoms with van der Waals surface area (Å²) in [5, 5.41) is 9.76. The molecule has 1 heterocycles. The highest BCUT2D eigenvalue weighted by Crippen LogP contribution is 2.51. The zero-order valence-electron chi connectivity index (χ0n) is 9.03. The molecule has 0 amide bonds. The summed E-state index contributed by atoms with van der Waals surface area (Å²) in [6.45, 7) is 0.137. The van der Waals surface area contributed by atoms with Crippen LogP contribution in [0.25, 0.3) is 0 Å². The fourth-order valence-corrected chi connectivity index (χ4v) is 2.83. The minimum atomic E-state index is -0.835. The minimum Gasteiger partial charge on any atom is -0.481 e. The fraction of sp³-hybridized carbons (Fsp3) is 0.417. The highest BCUT2D eigenvalue weighted by atomic mass is 35.5. The molecule has 3 rings (SSSR count). The third-order valence-electron chi connectivity index (χ3n) is 3.61. The van der Waals surface area contributed by atoms with Crippen molar-refractivity contribution in [3.05, 3.63) is 22.7 Å². The van der Waals surface area contributed by atoms with E-state index in [0.717, 1.165) is 6.42 Å². The van der Waals surface area contributed by atoms with Crippen LogP contribution < -0.4 is 9.47 Å². The quantitative estimate of drug-likeness (QED) is 0.881. The number of hydrogen-bond donors (Lipinski definition) is 1. The molecule has 1 saturated carbocycles. The summed E-state index contributed by atoms with van der Waals surface area (Å²) in [6, 6.07) is 3.47. The van der Waals surface area contributed by atoms with Gasteiger partial charge in [-0.05, 0) is 24.5 Å². The summed E-state index contributed by atoms with van der Waals surface area (Å²) in [4.78, 5) is 11.4. The predicted octanol–water partition coefficient (Wildman–Crippen LogP) is 2.58. The Morgan fingerprint density at radius 1 is 1.35 bits per heavy atom. The van der Waals surface area contributed by atoms with Crippen LogP contribution in [0.4, 0.5) is 0 Å². The number of aliphatic carboxylic acids is 1. The van der Waals surface area contributed by atoms with Gasteiger partial charge in [0, 0.05) is 0 Å². The second-order valence-corrected chi connectivity index (χ2v) is 4.78. The van der Waals surface area contributed by atoms with Gasteiger partial charge in [0.25, 0.3) is 0 Å². The molecule has 1 aliphatic carbocycles. The lowest BCUT2D eigenvalue weighted by atomic mass is 9.64. The molecule has 1 fully saturated rings. The van der Waals surface area contributed by atoms with Crippen molar-refractivity contribution in [3.8, 4) is 11.5 Å². The summed E-state index contributed by atoms with van der Waals surface area (Å²) >= 11 is 6.23. The normalized spacial score (nSPS) is 19.8. The number of ether oxygens (including phenoxy) is 2. The van der Waals surface area contributed by atoms with Gasteiger partial charge in [-0.15, -0.1) is 0 Å². The van der Waals surface area contributed by atoms with E-state index >= 15 is 0 Å². The maximum atomic E-state index is 11.4. The predicted molar refractivity (Wildman–Crippen MR) is 60.7 cm³/mol.